The van der Waals surface area contributed by atoms with E-state index in [0.717, 1.165) is 5.56 Å². The zero-order chi connectivity index (χ0) is 12.1. The molecular weight excluding hydrogens is 222 g/mol. The van der Waals surface area contributed by atoms with Crippen molar-refractivity contribution in [2.45, 2.75) is 0 Å². The average molecular weight is 235 g/mol. The van der Waals surface area contributed by atoms with Crippen LogP contribution in [0.4, 0.5) is 5.82 Å². The quantitative estimate of drug-likeness (QED) is 0.731. The molecule has 17 heavy (non-hydrogen) atoms. The Morgan fingerprint density at radius 1 is 1.35 bits per heavy atom. The molecule has 2 aromatic rings. The molecule has 0 radical (unpaired) electrons. The van der Waals surface area contributed by atoms with Crippen molar-refractivity contribution in [1.29, 1.82) is 0 Å². The van der Waals surface area contributed by atoms with Crippen molar-refractivity contribution < 1.29 is 9.47 Å². The number of nitrogens with zero attached hydrogens (tertiary/aromatic N) is 3. The van der Waals surface area contributed by atoms with E-state index in [1.165, 1.54) is 0 Å². The van der Waals surface area contributed by atoms with Gasteiger partial charge in [-0.1, -0.05) is 0 Å². The van der Waals surface area contributed by atoms with E-state index in [1.807, 2.05) is 0 Å². The lowest BCUT2D eigenvalue weighted by Gasteiger charge is -2.06. The molecule has 0 atom stereocenters. The largest absolute Gasteiger partial charge is 0.485 e. The molecule has 2 heterocycles. The Morgan fingerprint density at radius 3 is 2.94 bits per heavy atom. The number of nitrogens with one attached hydrogen (secondary N) is 1. The molecular formula is C10H13N5O2. The standard InChI is InChI=1S/C10H13N5O2/c1-16-4-5-17-9-8(14-15-10(9)11)7-2-3-12-13-6-7/h2-3,6H,4-5H2,1H3,(H3,11,14,15). The van der Waals surface area contributed by atoms with Crippen molar-refractivity contribution in [3.05, 3.63) is 18.5 Å². The van der Waals surface area contributed by atoms with Crippen LogP contribution < -0.4 is 10.5 Å². The molecule has 3 N–H and O–H groups in total. The Bertz CT molecular complexity index is 471. The van der Waals surface area contributed by atoms with E-state index >= 15 is 0 Å². The van der Waals surface area contributed by atoms with Crippen LogP contribution in [0, 0.1) is 0 Å². The Balaban J connectivity index is 2.23. The molecule has 0 unspecified atom stereocenters. The van der Waals surface area contributed by atoms with Crippen LogP contribution in [0.1, 0.15) is 0 Å². The summed E-state index contributed by atoms with van der Waals surface area (Å²) < 4.78 is 10.4. The van der Waals surface area contributed by atoms with Gasteiger partial charge < -0.3 is 15.2 Å². The fourth-order valence-corrected chi connectivity index (χ4v) is 1.35. The van der Waals surface area contributed by atoms with Crippen LogP contribution in [0.15, 0.2) is 18.5 Å². The van der Waals surface area contributed by atoms with Crippen LogP contribution in [0.3, 0.4) is 0 Å². The van der Waals surface area contributed by atoms with Crippen LogP contribution >= 0.6 is 0 Å². The summed E-state index contributed by atoms with van der Waals surface area (Å²) in [5.74, 6) is 0.822. The van der Waals surface area contributed by atoms with Crippen molar-refractivity contribution in [1.82, 2.24) is 20.4 Å². The predicted molar refractivity (Wildman–Crippen MR) is 61.4 cm³/mol. The fourth-order valence-electron chi connectivity index (χ4n) is 1.35. The van der Waals surface area contributed by atoms with E-state index in [9.17, 15) is 0 Å². The molecule has 0 spiro atoms. The summed E-state index contributed by atoms with van der Waals surface area (Å²) in [6.07, 6.45) is 3.20. The first-order chi connectivity index (χ1) is 8.33. The molecule has 0 aromatic carbocycles. The van der Waals surface area contributed by atoms with E-state index in [4.69, 9.17) is 15.2 Å². The van der Waals surface area contributed by atoms with Crippen LogP contribution in [0.5, 0.6) is 5.75 Å². The Hall–Kier alpha value is -2.15. The number of nitrogen functional groups attached to an aromatic ring is 1. The summed E-state index contributed by atoms with van der Waals surface area (Å²) in [5, 5.41) is 14.2. The van der Waals surface area contributed by atoms with Gasteiger partial charge >= 0.3 is 0 Å². The first-order valence-electron chi connectivity index (χ1n) is 5.05. The molecule has 2 rings (SSSR count). The van der Waals surface area contributed by atoms with Gasteiger partial charge in [0, 0.05) is 12.7 Å². The normalized spacial score (nSPS) is 10.4. The molecule has 90 valence electrons. The highest BCUT2D eigenvalue weighted by molar-refractivity contribution is 5.71. The SMILES string of the molecule is COCCOc1c(N)n[nH]c1-c1ccnnc1. The number of aromatic amines is 1. The maximum atomic E-state index is 5.72. The van der Waals surface area contributed by atoms with Crippen LogP contribution in [0.25, 0.3) is 11.3 Å². The number of ether oxygens (including phenoxy) is 2. The van der Waals surface area contributed by atoms with Crippen molar-refractivity contribution in [2.24, 2.45) is 0 Å². The number of methoxy groups -OCH3 is 1. The van der Waals surface area contributed by atoms with Gasteiger partial charge in [-0.25, -0.2) is 0 Å². The third-order valence-corrected chi connectivity index (χ3v) is 2.15. The lowest BCUT2D eigenvalue weighted by atomic mass is 10.2. The Morgan fingerprint density at radius 2 is 2.24 bits per heavy atom. The number of nitrogens with two attached hydrogens (primary N) is 1. The molecule has 0 saturated carbocycles. The number of rotatable bonds is 5. The maximum Gasteiger partial charge on any atom is 0.188 e. The second-order valence-electron chi connectivity index (χ2n) is 3.29. The van der Waals surface area contributed by atoms with E-state index in [1.54, 1.807) is 25.6 Å². The van der Waals surface area contributed by atoms with Crippen molar-refractivity contribution in [3.8, 4) is 17.0 Å². The predicted octanol–water partition coefficient (Wildman–Crippen LogP) is 0.474. The molecule has 0 amide bonds. The molecule has 0 fully saturated rings. The van der Waals surface area contributed by atoms with Crippen molar-refractivity contribution in [3.63, 3.8) is 0 Å². The highest BCUT2D eigenvalue weighted by atomic mass is 16.5. The molecule has 0 aliphatic carbocycles. The molecule has 0 bridgehead atoms. The summed E-state index contributed by atoms with van der Waals surface area (Å²) in [7, 11) is 1.61. The number of hydrogen-bond donors (Lipinski definition) is 2. The Labute approximate surface area is 98.0 Å². The Kier molecular flexibility index (Phi) is 3.51. The van der Waals surface area contributed by atoms with Crippen LogP contribution in [-0.4, -0.2) is 40.7 Å². The summed E-state index contributed by atoms with van der Waals surface area (Å²) in [5.41, 5.74) is 7.22. The van der Waals surface area contributed by atoms with Gasteiger partial charge in [0.05, 0.1) is 19.0 Å². The van der Waals surface area contributed by atoms with Gasteiger partial charge in [0.1, 0.15) is 12.3 Å². The highest BCUT2D eigenvalue weighted by Crippen LogP contribution is 2.31. The van der Waals surface area contributed by atoms with Gasteiger partial charge in [0.25, 0.3) is 0 Å². The van der Waals surface area contributed by atoms with Gasteiger partial charge in [-0.15, -0.1) is 0 Å². The first kappa shape index (κ1) is 11.3. The number of H-pyrrole nitrogens is 1. The lowest BCUT2D eigenvalue weighted by molar-refractivity contribution is 0.147. The molecule has 7 nitrogen and oxygen atoms in total. The number of hydrogen-bond acceptors (Lipinski definition) is 6. The van der Waals surface area contributed by atoms with Gasteiger partial charge in [-0.05, 0) is 6.07 Å². The van der Waals surface area contributed by atoms with Gasteiger partial charge in [0.2, 0.25) is 0 Å². The molecule has 7 heteroatoms. The third-order valence-electron chi connectivity index (χ3n) is 2.15. The topological polar surface area (TPSA) is 98.9 Å². The van der Waals surface area contributed by atoms with E-state index < -0.39 is 0 Å². The van der Waals surface area contributed by atoms with Gasteiger partial charge in [-0.3, -0.25) is 5.10 Å². The average Bonchev–Trinajstić information content (AvgIpc) is 2.73. The second-order valence-corrected chi connectivity index (χ2v) is 3.29. The summed E-state index contributed by atoms with van der Waals surface area (Å²) >= 11 is 0. The third kappa shape index (κ3) is 2.51. The summed E-state index contributed by atoms with van der Waals surface area (Å²) in [6, 6.07) is 1.79. The van der Waals surface area contributed by atoms with E-state index in [2.05, 4.69) is 20.4 Å². The second kappa shape index (κ2) is 5.26. The van der Waals surface area contributed by atoms with Crippen molar-refractivity contribution in [2.75, 3.05) is 26.1 Å². The first-order valence-corrected chi connectivity index (χ1v) is 5.05. The molecule has 2 aromatic heterocycles. The minimum atomic E-state index is 0.313. The number of anilines is 1. The van der Waals surface area contributed by atoms with Crippen molar-refractivity contribution >= 4 is 5.82 Å². The minimum Gasteiger partial charge on any atom is -0.485 e. The lowest BCUT2D eigenvalue weighted by Crippen LogP contribution is -2.05. The summed E-state index contributed by atoms with van der Waals surface area (Å²) in [4.78, 5) is 0. The van der Waals surface area contributed by atoms with Crippen LogP contribution in [0.2, 0.25) is 0 Å². The zero-order valence-electron chi connectivity index (χ0n) is 9.38. The van der Waals surface area contributed by atoms with Gasteiger partial charge in [0.15, 0.2) is 11.6 Å². The molecule has 0 aliphatic heterocycles. The maximum absolute atomic E-state index is 5.72. The van der Waals surface area contributed by atoms with E-state index in [-0.39, 0.29) is 0 Å². The molecule has 0 aliphatic rings. The van der Waals surface area contributed by atoms with Gasteiger partial charge in [-0.2, -0.15) is 15.3 Å². The van der Waals surface area contributed by atoms with E-state index in [0.29, 0.717) is 30.5 Å². The minimum absolute atomic E-state index is 0.313. The molecule has 0 saturated heterocycles. The smallest absolute Gasteiger partial charge is 0.188 e. The number of aromatic nitrogens is 4. The fraction of sp³-hybridized carbons (Fsp3) is 0.300. The zero-order valence-corrected chi connectivity index (χ0v) is 9.38. The summed E-state index contributed by atoms with van der Waals surface area (Å²) in [6.45, 7) is 0.893. The van der Waals surface area contributed by atoms with Crippen LogP contribution in [-0.2, 0) is 4.74 Å². The highest BCUT2D eigenvalue weighted by Gasteiger charge is 2.14. The monoisotopic (exact) mass is 235 g/mol.